The van der Waals surface area contributed by atoms with Crippen molar-refractivity contribution in [3.05, 3.63) is 29.8 Å². The summed E-state index contributed by atoms with van der Waals surface area (Å²) in [5.74, 6) is 1.01. The van der Waals surface area contributed by atoms with E-state index in [1.54, 1.807) is 0 Å². The Morgan fingerprint density at radius 2 is 2.18 bits per heavy atom. The second-order valence-corrected chi connectivity index (χ2v) is 4.81. The van der Waals surface area contributed by atoms with Gasteiger partial charge in [-0.15, -0.1) is 0 Å². The van der Waals surface area contributed by atoms with E-state index in [2.05, 4.69) is 18.3 Å². The van der Waals surface area contributed by atoms with Gasteiger partial charge in [-0.05, 0) is 19.9 Å². The molecule has 1 aromatic carbocycles. The molecular weight excluding hydrogens is 214 g/mol. The number of ether oxygens (including phenoxy) is 1. The zero-order chi connectivity index (χ0) is 12.5. The van der Waals surface area contributed by atoms with Gasteiger partial charge in [-0.2, -0.15) is 0 Å². The number of nitrogens with one attached hydrogen (secondary N) is 1. The van der Waals surface area contributed by atoms with Crippen LogP contribution in [-0.2, 0) is 10.2 Å². The third kappa shape index (κ3) is 2.02. The van der Waals surface area contributed by atoms with Crippen molar-refractivity contribution < 1.29 is 9.53 Å². The highest BCUT2D eigenvalue weighted by molar-refractivity contribution is 5.81. The van der Waals surface area contributed by atoms with E-state index in [4.69, 9.17) is 4.74 Å². The Kier molecular flexibility index (Phi) is 3.09. The van der Waals surface area contributed by atoms with Crippen molar-refractivity contribution in [3.8, 4) is 5.75 Å². The van der Waals surface area contributed by atoms with Gasteiger partial charge in [0.05, 0.1) is 6.61 Å². The van der Waals surface area contributed by atoms with Gasteiger partial charge in [-0.3, -0.25) is 4.79 Å². The molecule has 1 saturated heterocycles. The van der Waals surface area contributed by atoms with Crippen LogP contribution in [0.15, 0.2) is 24.3 Å². The molecule has 3 heteroatoms. The van der Waals surface area contributed by atoms with Crippen LogP contribution in [0.25, 0.3) is 0 Å². The van der Waals surface area contributed by atoms with Crippen molar-refractivity contribution in [2.75, 3.05) is 6.61 Å². The molecule has 92 valence electrons. The van der Waals surface area contributed by atoms with Gasteiger partial charge in [0.25, 0.3) is 0 Å². The molecule has 0 aromatic heterocycles. The molecule has 0 bridgehead atoms. The molecule has 2 rings (SSSR count). The van der Waals surface area contributed by atoms with Crippen LogP contribution in [0.1, 0.15) is 32.8 Å². The zero-order valence-corrected chi connectivity index (χ0v) is 10.6. The van der Waals surface area contributed by atoms with Crippen molar-refractivity contribution in [1.82, 2.24) is 5.32 Å². The van der Waals surface area contributed by atoms with Crippen LogP contribution in [0.4, 0.5) is 0 Å². The average molecular weight is 233 g/mol. The molecule has 1 amide bonds. The molecule has 1 aliphatic rings. The Hall–Kier alpha value is -1.51. The number of rotatable bonds is 3. The third-order valence-corrected chi connectivity index (χ3v) is 3.66. The predicted octanol–water partition coefficient (Wildman–Crippen LogP) is 2.25. The summed E-state index contributed by atoms with van der Waals surface area (Å²) >= 11 is 0. The maximum absolute atomic E-state index is 11.6. The van der Waals surface area contributed by atoms with E-state index in [1.807, 2.05) is 32.0 Å². The van der Waals surface area contributed by atoms with E-state index in [-0.39, 0.29) is 17.4 Å². The van der Waals surface area contributed by atoms with Gasteiger partial charge >= 0.3 is 0 Å². The lowest BCUT2D eigenvalue weighted by Crippen LogP contribution is -2.35. The summed E-state index contributed by atoms with van der Waals surface area (Å²) in [4.78, 5) is 11.6. The zero-order valence-electron chi connectivity index (χ0n) is 10.6. The summed E-state index contributed by atoms with van der Waals surface area (Å²) < 4.78 is 5.66. The summed E-state index contributed by atoms with van der Waals surface area (Å²) in [6, 6.07) is 8.13. The Bertz CT molecular complexity index is 430. The first kappa shape index (κ1) is 12.0. The van der Waals surface area contributed by atoms with Crippen LogP contribution in [0.2, 0.25) is 0 Å². The molecule has 0 spiro atoms. The van der Waals surface area contributed by atoms with Crippen molar-refractivity contribution in [1.29, 1.82) is 0 Å². The molecule has 1 aliphatic heterocycles. The SMILES string of the molecule is CCOc1ccccc1C1(C)CC(=O)NC1C. The molecule has 1 fully saturated rings. The Labute approximate surface area is 102 Å². The first-order valence-electron chi connectivity index (χ1n) is 6.09. The van der Waals surface area contributed by atoms with Crippen molar-refractivity contribution in [2.45, 2.75) is 38.6 Å². The summed E-state index contributed by atoms with van der Waals surface area (Å²) in [6.07, 6.45) is 0.526. The van der Waals surface area contributed by atoms with E-state index < -0.39 is 0 Å². The normalized spacial score (nSPS) is 27.9. The summed E-state index contributed by atoms with van der Waals surface area (Å²) in [5, 5.41) is 2.98. The fraction of sp³-hybridized carbons (Fsp3) is 0.500. The third-order valence-electron chi connectivity index (χ3n) is 3.66. The van der Waals surface area contributed by atoms with E-state index in [0.717, 1.165) is 11.3 Å². The smallest absolute Gasteiger partial charge is 0.221 e. The molecule has 17 heavy (non-hydrogen) atoms. The van der Waals surface area contributed by atoms with E-state index in [9.17, 15) is 4.79 Å². The summed E-state index contributed by atoms with van der Waals surface area (Å²) in [7, 11) is 0. The second kappa shape index (κ2) is 4.40. The van der Waals surface area contributed by atoms with Gasteiger partial charge in [0, 0.05) is 23.4 Å². The van der Waals surface area contributed by atoms with E-state index in [1.165, 1.54) is 0 Å². The van der Waals surface area contributed by atoms with Gasteiger partial charge in [0.2, 0.25) is 5.91 Å². The Morgan fingerprint density at radius 3 is 2.76 bits per heavy atom. The summed E-state index contributed by atoms with van der Waals surface area (Å²) in [6.45, 7) is 6.78. The lowest BCUT2D eigenvalue weighted by Gasteiger charge is -2.29. The molecule has 1 heterocycles. The lowest BCUT2D eigenvalue weighted by atomic mass is 9.76. The van der Waals surface area contributed by atoms with E-state index in [0.29, 0.717) is 13.0 Å². The number of carbonyl (C=O) groups is 1. The van der Waals surface area contributed by atoms with Gasteiger partial charge in [-0.1, -0.05) is 25.1 Å². The Morgan fingerprint density at radius 1 is 1.47 bits per heavy atom. The van der Waals surface area contributed by atoms with Gasteiger partial charge < -0.3 is 10.1 Å². The first-order valence-corrected chi connectivity index (χ1v) is 6.09. The maximum atomic E-state index is 11.6. The molecule has 3 nitrogen and oxygen atoms in total. The van der Waals surface area contributed by atoms with Gasteiger partial charge in [0.1, 0.15) is 5.75 Å². The highest BCUT2D eigenvalue weighted by Crippen LogP contribution is 2.40. The van der Waals surface area contributed by atoms with Crippen LogP contribution < -0.4 is 10.1 Å². The minimum Gasteiger partial charge on any atom is -0.494 e. The minimum atomic E-state index is -0.178. The van der Waals surface area contributed by atoms with Crippen molar-refractivity contribution in [3.63, 3.8) is 0 Å². The number of amides is 1. The lowest BCUT2D eigenvalue weighted by molar-refractivity contribution is -0.119. The quantitative estimate of drug-likeness (QED) is 0.869. The monoisotopic (exact) mass is 233 g/mol. The van der Waals surface area contributed by atoms with Crippen molar-refractivity contribution >= 4 is 5.91 Å². The summed E-state index contributed by atoms with van der Waals surface area (Å²) in [5.41, 5.74) is 0.941. The van der Waals surface area contributed by atoms with Gasteiger partial charge in [-0.25, -0.2) is 0 Å². The van der Waals surface area contributed by atoms with Crippen LogP contribution in [0, 0.1) is 0 Å². The molecule has 1 N–H and O–H groups in total. The average Bonchev–Trinajstić information content (AvgIpc) is 2.55. The predicted molar refractivity (Wildman–Crippen MR) is 67.2 cm³/mol. The number of benzene rings is 1. The molecule has 0 saturated carbocycles. The Balaban J connectivity index is 2.42. The second-order valence-electron chi connectivity index (χ2n) is 4.81. The number of carbonyl (C=O) groups excluding carboxylic acids is 1. The topological polar surface area (TPSA) is 38.3 Å². The molecule has 0 radical (unpaired) electrons. The maximum Gasteiger partial charge on any atom is 0.221 e. The van der Waals surface area contributed by atoms with Gasteiger partial charge in [0.15, 0.2) is 0 Å². The number of hydrogen-bond donors (Lipinski definition) is 1. The van der Waals surface area contributed by atoms with Crippen LogP contribution in [0.5, 0.6) is 5.75 Å². The fourth-order valence-corrected chi connectivity index (χ4v) is 2.49. The molecule has 0 aliphatic carbocycles. The highest BCUT2D eigenvalue weighted by Gasteiger charge is 2.43. The van der Waals surface area contributed by atoms with Crippen molar-refractivity contribution in [2.24, 2.45) is 0 Å². The standard InChI is InChI=1S/C14H19NO2/c1-4-17-12-8-6-5-7-11(12)14(3)9-13(16)15-10(14)2/h5-8,10H,4,9H2,1-3H3,(H,15,16). The van der Waals surface area contributed by atoms with Crippen LogP contribution in [-0.4, -0.2) is 18.6 Å². The van der Waals surface area contributed by atoms with E-state index >= 15 is 0 Å². The van der Waals surface area contributed by atoms with Crippen LogP contribution >= 0.6 is 0 Å². The van der Waals surface area contributed by atoms with Crippen LogP contribution in [0.3, 0.4) is 0 Å². The first-order chi connectivity index (χ1) is 8.08. The highest BCUT2D eigenvalue weighted by atomic mass is 16.5. The molecule has 2 atom stereocenters. The molecular formula is C14H19NO2. The minimum absolute atomic E-state index is 0.117. The fourth-order valence-electron chi connectivity index (χ4n) is 2.49. The largest absolute Gasteiger partial charge is 0.494 e. The number of hydrogen-bond acceptors (Lipinski definition) is 2. The molecule has 1 aromatic rings. The number of para-hydroxylation sites is 1. The molecule has 2 unspecified atom stereocenters.